The van der Waals surface area contributed by atoms with Crippen LogP contribution in [0.25, 0.3) is 0 Å². The molecule has 3 rings (SSSR count). The van der Waals surface area contributed by atoms with Gasteiger partial charge >= 0.3 is 0 Å². The number of rotatable bonds is 2. The number of ketones is 1. The summed E-state index contributed by atoms with van der Waals surface area (Å²) >= 11 is 3.46. The second-order valence-corrected chi connectivity index (χ2v) is 6.12. The first kappa shape index (κ1) is 14.1. The summed E-state index contributed by atoms with van der Waals surface area (Å²) in [7, 11) is 0. The number of fused-ring (bicyclic) bond motifs is 1. The van der Waals surface area contributed by atoms with Crippen molar-refractivity contribution >= 4 is 44.9 Å². The number of nitrogens with one attached hydrogen (secondary N) is 2. The van der Waals surface area contributed by atoms with Crippen LogP contribution in [0, 0.1) is 0 Å². The summed E-state index contributed by atoms with van der Waals surface area (Å²) in [6.45, 7) is 3.03. The largest absolute Gasteiger partial charge is 0.368 e. The lowest BCUT2D eigenvalue weighted by Gasteiger charge is -2.21. The summed E-state index contributed by atoms with van der Waals surface area (Å²) in [6.07, 6.45) is 0.869. The van der Waals surface area contributed by atoms with E-state index >= 15 is 0 Å². The molecular weight excluding hydrogens is 338 g/mol. The van der Waals surface area contributed by atoms with E-state index in [0.29, 0.717) is 17.8 Å². The van der Waals surface area contributed by atoms with Gasteiger partial charge in [0.15, 0.2) is 0 Å². The third kappa shape index (κ3) is 2.53. The average molecular weight is 352 g/mol. The molecule has 0 spiro atoms. The second kappa shape index (κ2) is 5.14. The number of Topliss-reactive ketones (excluding diaryl/α,β-unsaturated/α-hetero) is 1. The molecule has 0 saturated carbocycles. The summed E-state index contributed by atoms with van der Waals surface area (Å²) in [5.41, 5.74) is 1.86. The van der Waals surface area contributed by atoms with Crippen LogP contribution < -0.4 is 15.5 Å². The minimum absolute atomic E-state index is 0.0345. The fourth-order valence-corrected chi connectivity index (χ4v) is 3.38. The molecule has 2 amide bonds. The van der Waals surface area contributed by atoms with Gasteiger partial charge in [-0.1, -0.05) is 0 Å². The van der Waals surface area contributed by atoms with Crippen LogP contribution in [0.3, 0.4) is 0 Å². The Labute approximate surface area is 130 Å². The molecule has 1 aromatic rings. The van der Waals surface area contributed by atoms with Crippen LogP contribution in [0.15, 0.2) is 16.6 Å². The van der Waals surface area contributed by atoms with Crippen molar-refractivity contribution < 1.29 is 14.4 Å². The van der Waals surface area contributed by atoms with Gasteiger partial charge < -0.3 is 15.5 Å². The maximum absolute atomic E-state index is 11.7. The fourth-order valence-electron chi connectivity index (χ4n) is 2.78. The Bertz CT molecular complexity index is 659. The Balaban J connectivity index is 1.85. The van der Waals surface area contributed by atoms with Crippen molar-refractivity contribution in [2.45, 2.75) is 19.4 Å². The van der Waals surface area contributed by atoms with Crippen molar-refractivity contribution in [3.8, 4) is 0 Å². The lowest BCUT2D eigenvalue weighted by Crippen LogP contribution is -2.35. The molecule has 1 atom stereocenters. The molecule has 1 fully saturated rings. The molecule has 1 saturated heterocycles. The summed E-state index contributed by atoms with van der Waals surface area (Å²) < 4.78 is 0.773. The van der Waals surface area contributed by atoms with E-state index in [1.165, 1.54) is 6.92 Å². The number of carbonyl (C=O) groups is 3. The molecular formula is C14H14BrN3O3. The lowest BCUT2D eigenvalue weighted by atomic mass is 10.1. The van der Waals surface area contributed by atoms with Crippen LogP contribution in [-0.4, -0.2) is 36.7 Å². The first-order chi connectivity index (χ1) is 9.95. The van der Waals surface area contributed by atoms with Crippen molar-refractivity contribution in [1.82, 2.24) is 5.32 Å². The molecule has 2 N–H and O–H groups in total. The Morgan fingerprint density at radius 2 is 2.19 bits per heavy atom. The lowest BCUT2D eigenvalue weighted by molar-refractivity contribution is -0.119. The topological polar surface area (TPSA) is 78.5 Å². The van der Waals surface area contributed by atoms with Crippen LogP contribution in [-0.2, 0) is 9.59 Å². The molecule has 2 heterocycles. The van der Waals surface area contributed by atoms with Crippen molar-refractivity contribution in [3.63, 3.8) is 0 Å². The van der Waals surface area contributed by atoms with Gasteiger partial charge in [-0.3, -0.25) is 14.4 Å². The monoisotopic (exact) mass is 351 g/mol. The normalized spacial score (nSPS) is 20.5. The van der Waals surface area contributed by atoms with Crippen LogP contribution in [0.4, 0.5) is 11.4 Å². The number of hydrogen-bond acceptors (Lipinski definition) is 4. The highest BCUT2D eigenvalue weighted by molar-refractivity contribution is 9.10. The van der Waals surface area contributed by atoms with E-state index in [-0.39, 0.29) is 11.9 Å². The maximum atomic E-state index is 11.7. The Morgan fingerprint density at radius 3 is 2.90 bits per heavy atom. The molecule has 2 aliphatic heterocycles. The van der Waals surface area contributed by atoms with Gasteiger partial charge in [0.05, 0.1) is 16.9 Å². The first-order valence-corrected chi connectivity index (χ1v) is 7.46. The number of nitrogens with zero attached hydrogens (tertiary/aromatic N) is 1. The minimum atomic E-state index is -0.591. The van der Waals surface area contributed by atoms with E-state index < -0.39 is 11.7 Å². The highest BCUT2D eigenvalue weighted by Crippen LogP contribution is 2.36. The first-order valence-electron chi connectivity index (χ1n) is 6.67. The van der Waals surface area contributed by atoms with Crippen molar-refractivity contribution in [2.24, 2.45) is 0 Å². The number of hydrogen-bond donors (Lipinski definition) is 2. The molecule has 1 aromatic carbocycles. The van der Waals surface area contributed by atoms with Crippen LogP contribution in [0.1, 0.15) is 23.7 Å². The standard InChI is InChI=1S/C14H14BrN3O3/c1-7(19)16-8-2-3-18(6-8)12-5-11-9(4-10(12)15)13(20)14(21)17-11/h4-5,8H,2-3,6H2,1H3,(H,16,19)(H,17,20,21). The Hall–Kier alpha value is -1.89. The number of benzene rings is 1. The molecule has 2 aliphatic rings. The molecule has 21 heavy (non-hydrogen) atoms. The third-order valence-electron chi connectivity index (χ3n) is 3.72. The molecule has 0 aromatic heterocycles. The zero-order valence-corrected chi connectivity index (χ0v) is 13.0. The number of halogens is 1. The van der Waals surface area contributed by atoms with E-state index in [0.717, 1.165) is 23.1 Å². The van der Waals surface area contributed by atoms with Gasteiger partial charge in [0, 0.05) is 30.5 Å². The molecule has 0 radical (unpaired) electrons. The second-order valence-electron chi connectivity index (χ2n) is 5.26. The van der Waals surface area contributed by atoms with E-state index in [2.05, 4.69) is 31.5 Å². The molecule has 7 heteroatoms. The predicted molar refractivity (Wildman–Crippen MR) is 81.5 cm³/mol. The number of carbonyl (C=O) groups excluding carboxylic acids is 3. The zero-order valence-electron chi connectivity index (χ0n) is 11.4. The van der Waals surface area contributed by atoms with E-state index in [1.807, 2.05) is 0 Å². The molecule has 1 unspecified atom stereocenters. The summed E-state index contributed by atoms with van der Waals surface area (Å²) in [4.78, 5) is 36.3. The maximum Gasteiger partial charge on any atom is 0.296 e. The van der Waals surface area contributed by atoms with Crippen molar-refractivity contribution in [3.05, 3.63) is 22.2 Å². The van der Waals surface area contributed by atoms with Crippen molar-refractivity contribution in [1.29, 1.82) is 0 Å². The average Bonchev–Trinajstić information content (AvgIpc) is 2.96. The molecule has 110 valence electrons. The fraction of sp³-hybridized carbons (Fsp3) is 0.357. The van der Waals surface area contributed by atoms with Crippen LogP contribution >= 0.6 is 15.9 Å². The molecule has 0 bridgehead atoms. The van der Waals surface area contributed by atoms with Crippen LogP contribution in [0.2, 0.25) is 0 Å². The number of anilines is 2. The smallest absolute Gasteiger partial charge is 0.296 e. The van der Waals surface area contributed by atoms with Gasteiger partial charge in [0.2, 0.25) is 5.91 Å². The SMILES string of the molecule is CC(=O)NC1CCN(c2cc3c(cc2Br)C(=O)C(=O)N3)C1. The third-order valence-corrected chi connectivity index (χ3v) is 4.36. The summed E-state index contributed by atoms with van der Waals surface area (Å²) in [5.74, 6) is -1.13. The summed E-state index contributed by atoms with van der Waals surface area (Å²) in [6, 6.07) is 3.61. The molecule has 0 aliphatic carbocycles. The Kier molecular flexibility index (Phi) is 3.44. The zero-order chi connectivity index (χ0) is 15.1. The molecule has 6 nitrogen and oxygen atoms in total. The Morgan fingerprint density at radius 1 is 1.43 bits per heavy atom. The summed E-state index contributed by atoms with van der Waals surface area (Å²) in [5, 5.41) is 5.48. The quantitative estimate of drug-likeness (QED) is 0.787. The minimum Gasteiger partial charge on any atom is -0.368 e. The predicted octanol–water partition coefficient (Wildman–Crippen LogP) is 1.30. The number of amides is 2. The van der Waals surface area contributed by atoms with Gasteiger partial charge in [-0.05, 0) is 34.5 Å². The highest BCUT2D eigenvalue weighted by Gasteiger charge is 2.31. The van der Waals surface area contributed by atoms with E-state index in [4.69, 9.17) is 0 Å². The van der Waals surface area contributed by atoms with Gasteiger partial charge in [-0.15, -0.1) is 0 Å². The van der Waals surface area contributed by atoms with E-state index in [9.17, 15) is 14.4 Å². The van der Waals surface area contributed by atoms with E-state index in [1.54, 1.807) is 12.1 Å². The highest BCUT2D eigenvalue weighted by atomic mass is 79.9. The van der Waals surface area contributed by atoms with Crippen molar-refractivity contribution in [2.75, 3.05) is 23.3 Å². The van der Waals surface area contributed by atoms with Gasteiger partial charge in [-0.25, -0.2) is 0 Å². The van der Waals surface area contributed by atoms with Gasteiger partial charge in [-0.2, -0.15) is 0 Å². The van der Waals surface area contributed by atoms with Gasteiger partial charge in [0.25, 0.3) is 11.7 Å². The van der Waals surface area contributed by atoms with Crippen LogP contribution in [0.5, 0.6) is 0 Å². The van der Waals surface area contributed by atoms with Gasteiger partial charge in [0.1, 0.15) is 0 Å².